The van der Waals surface area contributed by atoms with Crippen molar-refractivity contribution in [1.29, 1.82) is 0 Å². The van der Waals surface area contributed by atoms with E-state index in [-0.39, 0.29) is 0 Å². The lowest BCUT2D eigenvalue weighted by Crippen LogP contribution is -1.81. The lowest BCUT2D eigenvalue weighted by molar-refractivity contribution is 1.50. The highest BCUT2D eigenvalue weighted by molar-refractivity contribution is 7.16. The number of hydrogen-bond donors (Lipinski definition) is 0. The van der Waals surface area contributed by atoms with Crippen LogP contribution in [0.15, 0.2) is 36.4 Å². The van der Waals surface area contributed by atoms with Crippen LogP contribution in [0.2, 0.25) is 0 Å². The van der Waals surface area contributed by atoms with Crippen molar-refractivity contribution in [2.75, 3.05) is 0 Å². The second-order valence-corrected chi connectivity index (χ2v) is 8.05. The van der Waals surface area contributed by atoms with Crippen molar-refractivity contribution in [1.82, 2.24) is 8.75 Å². The van der Waals surface area contributed by atoms with E-state index in [0.29, 0.717) is 0 Å². The molecule has 2 nitrogen and oxygen atoms in total. The molecule has 0 saturated heterocycles. The van der Waals surface area contributed by atoms with Crippen molar-refractivity contribution in [2.24, 2.45) is 0 Å². The molecule has 0 aliphatic carbocycles. The highest BCUT2D eigenvalue weighted by Gasteiger charge is 2.15. The first-order valence-electron chi connectivity index (χ1n) is 9.61. The van der Waals surface area contributed by atoms with E-state index in [1.54, 1.807) is 22.7 Å². The zero-order valence-corrected chi connectivity index (χ0v) is 20.0. The minimum absolute atomic E-state index is 1.02. The summed E-state index contributed by atoms with van der Waals surface area (Å²) in [5.41, 5.74) is 4.42. The lowest BCUT2D eigenvalue weighted by Gasteiger charge is -2.03. The first kappa shape index (κ1) is 23.5. The van der Waals surface area contributed by atoms with Gasteiger partial charge in [0.25, 0.3) is 0 Å². The van der Waals surface area contributed by atoms with Crippen LogP contribution in [0.25, 0.3) is 31.9 Å². The molecule has 0 spiro atoms. The van der Waals surface area contributed by atoms with E-state index >= 15 is 0 Å². The number of hydrogen-bond acceptors (Lipinski definition) is 5. The van der Waals surface area contributed by atoms with Crippen molar-refractivity contribution < 1.29 is 0 Å². The van der Waals surface area contributed by atoms with Crippen LogP contribution in [-0.4, -0.2) is 8.75 Å². The zero-order valence-electron chi connectivity index (χ0n) is 17.6. The third-order valence-corrected chi connectivity index (χ3v) is 6.02. The van der Waals surface area contributed by atoms with E-state index in [4.69, 9.17) is 0 Å². The Morgan fingerprint density at radius 2 is 0.926 bits per heavy atom. The van der Waals surface area contributed by atoms with Crippen LogP contribution in [0, 0.1) is 13.8 Å². The molecule has 4 rings (SSSR count). The largest absolute Gasteiger partial charge is 0.172 e. The molecule has 146 valence electrons. The number of rotatable bonds is 2. The molecule has 27 heavy (non-hydrogen) atoms. The van der Waals surface area contributed by atoms with Gasteiger partial charge in [0.05, 0.1) is 11.7 Å². The molecule has 0 aliphatic heterocycles. The molecular formula is C22H30N2S3. The van der Waals surface area contributed by atoms with E-state index in [2.05, 4.69) is 59.0 Å². The predicted octanol–water partition coefficient (Wildman–Crippen LogP) is 8.84. The normalized spacial score (nSPS) is 9.48. The molecular weight excluding hydrogens is 388 g/mol. The van der Waals surface area contributed by atoms with Crippen LogP contribution in [0.4, 0.5) is 0 Å². The van der Waals surface area contributed by atoms with Crippen LogP contribution < -0.4 is 0 Å². The summed E-state index contributed by atoms with van der Waals surface area (Å²) in [4.78, 5) is 5.16. The molecule has 1 aromatic carbocycles. The SMILES string of the molecule is CC.CC.CC.Cc1ccc(-c2ccc(-c3ccc(C)s3)c3nsnc23)s1. The van der Waals surface area contributed by atoms with Crippen molar-refractivity contribution >= 4 is 45.4 Å². The summed E-state index contributed by atoms with van der Waals surface area (Å²) in [7, 11) is 0. The Balaban J connectivity index is 0.000000556. The van der Waals surface area contributed by atoms with Gasteiger partial charge in [-0.1, -0.05) is 53.7 Å². The molecule has 0 unspecified atom stereocenters. The van der Waals surface area contributed by atoms with Crippen LogP contribution in [0.3, 0.4) is 0 Å². The molecule has 0 fully saturated rings. The molecule has 0 amide bonds. The molecule has 0 bridgehead atoms. The Morgan fingerprint density at radius 1 is 0.556 bits per heavy atom. The summed E-state index contributed by atoms with van der Waals surface area (Å²) in [6, 6.07) is 13.0. The van der Waals surface area contributed by atoms with Crippen LogP contribution in [0.5, 0.6) is 0 Å². The number of benzene rings is 1. The van der Waals surface area contributed by atoms with Gasteiger partial charge in [0.1, 0.15) is 11.0 Å². The number of thiophene rings is 2. The molecule has 5 heteroatoms. The van der Waals surface area contributed by atoms with Gasteiger partial charge >= 0.3 is 0 Å². The molecule has 4 aromatic rings. The molecule has 3 aromatic heterocycles. The van der Waals surface area contributed by atoms with Gasteiger partial charge in [0.15, 0.2) is 0 Å². The Hall–Kier alpha value is -1.56. The van der Waals surface area contributed by atoms with E-state index < -0.39 is 0 Å². The maximum absolute atomic E-state index is 4.54. The summed E-state index contributed by atoms with van der Waals surface area (Å²) in [5.74, 6) is 0. The van der Waals surface area contributed by atoms with Crippen molar-refractivity contribution in [3.63, 3.8) is 0 Å². The van der Waals surface area contributed by atoms with E-state index in [1.807, 2.05) is 41.5 Å². The summed E-state index contributed by atoms with van der Waals surface area (Å²) in [5, 5.41) is 0. The Morgan fingerprint density at radius 3 is 1.22 bits per heavy atom. The quantitative estimate of drug-likeness (QED) is 0.325. The Bertz CT molecular complexity index is 858. The third kappa shape index (κ3) is 5.47. The number of fused-ring (bicyclic) bond motifs is 1. The summed E-state index contributed by atoms with van der Waals surface area (Å²) in [6.45, 7) is 16.3. The topological polar surface area (TPSA) is 25.8 Å². The average Bonchev–Trinajstić information content (AvgIpc) is 3.47. The predicted molar refractivity (Wildman–Crippen MR) is 128 cm³/mol. The van der Waals surface area contributed by atoms with E-state index in [9.17, 15) is 0 Å². The second kappa shape index (κ2) is 12.0. The van der Waals surface area contributed by atoms with Crippen LogP contribution in [-0.2, 0) is 0 Å². The Kier molecular flexibility index (Phi) is 10.4. The molecule has 0 aliphatic rings. The molecule has 3 heterocycles. The van der Waals surface area contributed by atoms with Crippen LogP contribution >= 0.6 is 34.4 Å². The van der Waals surface area contributed by atoms with Gasteiger partial charge in [-0.25, -0.2) is 0 Å². The van der Waals surface area contributed by atoms with Gasteiger partial charge in [-0.15, -0.1) is 22.7 Å². The Labute approximate surface area is 176 Å². The van der Waals surface area contributed by atoms with Crippen molar-refractivity contribution in [3.05, 3.63) is 46.2 Å². The second-order valence-electron chi connectivity index (χ2n) is 4.94. The fraction of sp³-hybridized carbons (Fsp3) is 0.364. The molecule has 0 atom stereocenters. The van der Waals surface area contributed by atoms with E-state index in [1.165, 1.54) is 42.4 Å². The van der Waals surface area contributed by atoms with Gasteiger partial charge in [-0.05, 0) is 38.1 Å². The van der Waals surface area contributed by atoms with Gasteiger partial charge in [0.2, 0.25) is 0 Å². The average molecular weight is 419 g/mol. The lowest BCUT2D eigenvalue weighted by atomic mass is 10.1. The molecule has 0 radical (unpaired) electrons. The third-order valence-electron chi connectivity index (χ3n) is 3.43. The highest BCUT2D eigenvalue weighted by atomic mass is 32.1. The number of nitrogens with zero attached hydrogens (tertiary/aromatic N) is 2. The fourth-order valence-corrected chi connectivity index (χ4v) is 4.78. The monoisotopic (exact) mass is 418 g/mol. The van der Waals surface area contributed by atoms with Gasteiger partial charge in [-0.3, -0.25) is 0 Å². The van der Waals surface area contributed by atoms with Gasteiger partial charge in [-0.2, -0.15) is 8.75 Å². The molecule has 0 saturated carbocycles. The van der Waals surface area contributed by atoms with Gasteiger partial charge < -0.3 is 0 Å². The van der Waals surface area contributed by atoms with Gasteiger partial charge in [0, 0.05) is 30.6 Å². The smallest absolute Gasteiger partial charge is 0.114 e. The van der Waals surface area contributed by atoms with Crippen molar-refractivity contribution in [3.8, 4) is 20.9 Å². The number of aromatic nitrogens is 2. The highest BCUT2D eigenvalue weighted by Crippen LogP contribution is 2.38. The first-order chi connectivity index (χ1) is 13.2. The maximum Gasteiger partial charge on any atom is 0.114 e. The molecule has 0 N–H and O–H groups in total. The summed E-state index contributed by atoms with van der Waals surface area (Å²) < 4.78 is 9.08. The standard InChI is InChI=1S/C16H12N2S3.3C2H6/c1-9-3-7-13(19-9)11-5-6-12(14-8-4-10(2)20-14)16-15(11)17-21-18-16;3*1-2/h3-8H,1-2H3;3*1-2H3. The van der Waals surface area contributed by atoms with Crippen LogP contribution in [0.1, 0.15) is 51.3 Å². The summed E-state index contributed by atoms with van der Waals surface area (Å²) >= 11 is 4.90. The minimum atomic E-state index is 1.02. The number of aryl methyl sites for hydroxylation is 2. The minimum Gasteiger partial charge on any atom is -0.172 e. The van der Waals surface area contributed by atoms with Crippen molar-refractivity contribution in [2.45, 2.75) is 55.4 Å². The summed E-state index contributed by atoms with van der Waals surface area (Å²) in [6.07, 6.45) is 0. The first-order valence-corrected chi connectivity index (χ1v) is 12.0. The maximum atomic E-state index is 4.54. The zero-order chi connectivity index (χ0) is 20.4. The fourth-order valence-electron chi connectivity index (χ4n) is 2.42. The van der Waals surface area contributed by atoms with E-state index in [0.717, 1.165) is 11.0 Å².